The van der Waals surface area contributed by atoms with Crippen LogP contribution in [0, 0.1) is 0 Å². The fourth-order valence-electron chi connectivity index (χ4n) is 2.62. The minimum absolute atomic E-state index is 0.161. The Labute approximate surface area is 118 Å². The molecule has 0 saturated heterocycles. The molecule has 1 aromatic carbocycles. The minimum Gasteiger partial charge on any atom is -0.398 e. The highest BCUT2D eigenvalue weighted by molar-refractivity contribution is 5.76. The maximum atomic E-state index is 12.3. The molecule has 1 aliphatic heterocycles. The Morgan fingerprint density at radius 3 is 3.05 bits per heavy atom. The molecular weight excluding hydrogens is 252 g/mol. The lowest BCUT2D eigenvalue weighted by molar-refractivity contribution is -0.132. The fraction of sp³-hybridized carbons (Fsp3) is 0.333. The number of amides is 1. The van der Waals surface area contributed by atoms with E-state index in [1.54, 1.807) is 10.9 Å². The average molecular weight is 270 g/mol. The van der Waals surface area contributed by atoms with Crippen molar-refractivity contribution in [2.75, 3.05) is 12.3 Å². The van der Waals surface area contributed by atoms with Gasteiger partial charge in [-0.05, 0) is 29.7 Å². The van der Waals surface area contributed by atoms with Gasteiger partial charge in [0.25, 0.3) is 0 Å². The highest BCUT2D eigenvalue weighted by Gasteiger charge is 2.21. The van der Waals surface area contributed by atoms with E-state index in [4.69, 9.17) is 5.73 Å². The molecule has 104 valence electrons. The second kappa shape index (κ2) is 5.36. The van der Waals surface area contributed by atoms with Gasteiger partial charge in [0.1, 0.15) is 0 Å². The molecular formula is C15H18N4O. The highest BCUT2D eigenvalue weighted by Crippen LogP contribution is 2.24. The smallest absolute Gasteiger partial charge is 0.224 e. The first-order valence-electron chi connectivity index (χ1n) is 6.85. The van der Waals surface area contributed by atoms with E-state index in [2.05, 4.69) is 11.2 Å². The van der Waals surface area contributed by atoms with E-state index in [9.17, 15) is 4.79 Å². The quantitative estimate of drug-likeness (QED) is 0.858. The Morgan fingerprint density at radius 1 is 1.35 bits per heavy atom. The molecule has 0 atom stereocenters. The van der Waals surface area contributed by atoms with Crippen molar-refractivity contribution in [2.24, 2.45) is 0 Å². The van der Waals surface area contributed by atoms with Gasteiger partial charge < -0.3 is 10.6 Å². The molecule has 1 amide bonds. The molecule has 2 heterocycles. The third kappa shape index (κ3) is 2.52. The summed E-state index contributed by atoms with van der Waals surface area (Å²) in [7, 11) is 0. The summed E-state index contributed by atoms with van der Waals surface area (Å²) >= 11 is 0. The molecule has 0 aliphatic carbocycles. The van der Waals surface area contributed by atoms with Gasteiger partial charge in [0, 0.05) is 44.1 Å². The Kier molecular flexibility index (Phi) is 3.41. The van der Waals surface area contributed by atoms with Crippen LogP contribution in [0.15, 0.2) is 36.7 Å². The van der Waals surface area contributed by atoms with Crippen LogP contribution >= 0.6 is 0 Å². The molecule has 20 heavy (non-hydrogen) atoms. The Bertz CT molecular complexity index is 606. The largest absolute Gasteiger partial charge is 0.398 e. The molecule has 1 aliphatic rings. The predicted molar refractivity (Wildman–Crippen MR) is 76.8 cm³/mol. The minimum atomic E-state index is 0.161. The fourth-order valence-corrected chi connectivity index (χ4v) is 2.62. The molecule has 0 radical (unpaired) electrons. The van der Waals surface area contributed by atoms with Crippen molar-refractivity contribution in [3.05, 3.63) is 47.8 Å². The van der Waals surface area contributed by atoms with Crippen molar-refractivity contribution in [3.8, 4) is 0 Å². The summed E-state index contributed by atoms with van der Waals surface area (Å²) < 4.78 is 1.78. The lowest BCUT2D eigenvalue weighted by Crippen LogP contribution is -2.36. The van der Waals surface area contributed by atoms with Crippen LogP contribution in [0.4, 0.5) is 5.69 Å². The average Bonchev–Trinajstić information content (AvgIpc) is 2.98. The number of benzene rings is 1. The zero-order chi connectivity index (χ0) is 13.9. The van der Waals surface area contributed by atoms with Crippen molar-refractivity contribution in [3.63, 3.8) is 0 Å². The Morgan fingerprint density at radius 2 is 2.25 bits per heavy atom. The summed E-state index contributed by atoms with van der Waals surface area (Å²) in [6.07, 6.45) is 4.96. The predicted octanol–water partition coefficient (Wildman–Crippen LogP) is 1.44. The number of carbonyl (C=O) groups excluding carboxylic acids is 1. The van der Waals surface area contributed by atoms with Crippen LogP contribution in [0.5, 0.6) is 0 Å². The van der Waals surface area contributed by atoms with Crippen LogP contribution in [0.3, 0.4) is 0 Å². The summed E-state index contributed by atoms with van der Waals surface area (Å²) in [5.41, 5.74) is 9.15. The molecule has 1 aromatic heterocycles. The summed E-state index contributed by atoms with van der Waals surface area (Å²) in [5.74, 6) is 0.161. The number of aryl methyl sites for hydroxylation is 1. The lowest BCUT2D eigenvalue weighted by Gasteiger charge is -2.29. The number of rotatable bonds is 3. The molecule has 5 heteroatoms. The second-order valence-corrected chi connectivity index (χ2v) is 5.07. The van der Waals surface area contributed by atoms with E-state index < -0.39 is 0 Å². The van der Waals surface area contributed by atoms with Crippen molar-refractivity contribution in [1.82, 2.24) is 14.7 Å². The molecule has 2 N–H and O–H groups in total. The number of aromatic nitrogens is 2. The van der Waals surface area contributed by atoms with Gasteiger partial charge in [0.2, 0.25) is 5.91 Å². The van der Waals surface area contributed by atoms with Crippen LogP contribution in [0.2, 0.25) is 0 Å². The highest BCUT2D eigenvalue weighted by atomic mass is 16.2. The molecule has 0 unspecified atom stereocenters. The Balaban J connectivity index is 1.64. The number of carbonyl (C=O) groups is 1. The molecule has 0 spiro atoms. The van der Waals surface area contributed by atoms with Gasteiger partial charge in [0.05, 0.1) is 0 Å². The first-order chi connectivity index (χ1) is 9.74. The number of hydrogen-bond acceptors (Lipinski definition) is 3. The topological polar surface area (TPSA) is 64.2 Å². The molecule has 0 bridgehead atoms. The summed E-state index contributed by atoms with van der Waals surface area (Å²) in [6, 6.07) is 7.83. The van der Waals surface area contributed by atoms with E-state index in [0.29, 0.717) is 19.5 Å². The van der Waals surface area contributed by atoms with E-state index in [-0.39, 0.29) is 5.91 Å². The van der Waals surface area contributed by atoms with Gasteiger partial charge in [-0.1, -0.05) is 12.1 Å². The first-order valence-corrected chi connectivity index (χ1v) is 6.85. The normalized spacial score (nSPS) is 14.1. The molecule has 0 fully saturated rings. The third-order valence-electron chi connectivity index (χ3n) is 3.78. The van der Waals surface area contributed by atoms with Crippen molar-refractivity contribution in [1.29, 1.82) is 0 Å². The van der Waals surface area contributed by atoms with E-state index >= 15 is 0 Å². The van der Waals surface area contributed by atoms with Crippen LogP contribution in [0.1, 0.15) is 17.5 Å². The van der Waals surface area contributed by atoms with Crippen LogP contribution < -0.4 is 5.73 Å². The number of nitrogens with zero attached hydrogens (tertiary/aromatic N) is 3. The van der Waals surface area contributed by atoms with Gasteiger partial charge in [0.15, 0.2) is 0 Å². The van der Waals surface area contributed by atoms with Crippen LogP contribution in [-0.4, -0.2) is 27.1 Å². The SMILES string of the molecule is Nc1cccc2c1CN(C(=O)CCn1cccn1)CC2. The molecule has 2 aromatic rings. The summed E-state index contributed by atoms with van der Waals surface area (Å²) in [4.78, 5) is 14.1. The number of hydrogen-bond donors (Lipinski definition) is 1. The van der Waals surface area contributed by atoms with Gasteiger partial charge in [-0.25, -0.2) is 0 Å². The van der Waals surface area contributed by atoms with E-state index in [1.807, 2.05) is 29.3 Å². The van der Waals surface area contributed by atoms with Gasteiger partial charge >= 0.3 is 0 Å². The number of nitrogen functional groups attached to an aromatic ring is 1. The summed E-state index contributed by atoms with van der Waals surface area (Å²) in [6.45, 7) is 2.02. The molecule has 3 rings (SSSR count). The van der Waals surface area contributed by atoms with E-state index in [1.165, 1.54) is 5.56 Å². The van der Waals surface area contributed by atoms with Gasteiger partial charge in [-0.2, -0.15) is 5.10 Å². The maximum absolute atomic E-state index is 12.3. The van der Waals surface area contributed by atoms with Gasteiger partial charge in [-0.15, -0.1) is 0 Å². The van der Waals surface area contributed by atoms with Crippen LogP contribution in [0.25, 0.3) is 0 Å². The van der Waals surface area contributed by atoms with Crippen molar-refractivity contribution in [2.45, 2.75) is 25.9 Å². The second-order valence-electron chi connectivity index (χ2n) is 5.07. The van der Waals surface area contributed by atoms with Crippen molar-refractivity contribution >= 4 is 11.6 Å². The van der Waals surface area contributed by atoms with Crippen molar-refractivity contribution < 1.29 is 4.79 Å². The number of fused-ring (bicyclic) bond motifs is 1. The third-order valence-corrected chi connectivity index (χ3v) is 3.78. The Hall–Kier alpha value is -2.30. The standard InChI is InChI=1S/C15H18N4O/c16-14-4-1-3-12-5-9-18(11-13(12)14)15(20)6-10-19-8-2-7-17-19/h1-4,7-8H,5-6,9-11,16H2. The molecule has 0 saturated carbocycles. The lowest BCUT2D eigenvalue weighted by atomic mass is 9.98. The van der Waals surface area contributed by atoms with E-state index in [0.717, 1.165) is 24.2 Å². The zero-order valence-corrected chi connectivity index (χ0v) is 11.3. The monoisotopic (exact) mass is 270 g/mol. The van der Waals surface area contributed by atoms with Gasteiger partial charge in [-0.3, -0.25) is 9.48 Å². The number of anilines is 1. The number of nitrogens with two attached hydrogens (primary N) is 1. The summed E-state index contributed by atoms with van der Waals surface area (Å²) in [5, 5.41) is 4.11. The first kappa shape index (κ1) is 12.7. The molecule has 5 nitrogen and oxygen atoms in total. The zero-order valence-electron chi connectivity index (χ0n) is 11.3. The maximum Gasteiger partial charge on any atom is 0.224 e. The van der Waals surface area contributed by atoms with Crippen LogP contribution in [-0.2, 0) is 24.3 Å².